The third-order valence-electron chi connectivity index (χ3n) is 3.30. The Labute approximate surface area is 68.0 Å². The molecule has 2 atom stereocenters. The van der Waals surface area contributed by atoms with Gasteiger partial charge in [0.25, 0.3) is 0 Å². The number of hydrogen-bond acceptors (Lipinski definition) is 2. The lowest BCUT2D eigenvalue weighted by molar-refractivity contribution is -0.0671. The fourth-order valence-corrected chi connectivity index (χ4v) is 2.50. The molecule has 2 aliphatic rings. The molecule has 2 nitrogen and oxygen atoms in total. The van der Waals surface area contributed by atoms with Gasteiger partial charge in [-0.2, -0.15) is 0 Å². The van der Waals surface area contributed by atoms with E-state index in [0.29, 0.717) is 5.92 Å². The van der Waals surface area contributed by atoms with Crippen LogP contribution in [-0.2, 0) is 0 Å². The fraction of sp³-hybridized carbons (Fsp3) is 1.00. The third kappa shape index (κ3) is 1.30. The van der Waals surface area contributed by atoms with Crippen molar-refractivity contribution in [3.05, 3.63) is 0 Å². The summed E-state index contributed by atoms with van der Waals surface area (Å²) in [5.41, 5.74) is -0.288. The molecule has 0 aromatic carbocycles. The SMILES string of the molecule is O[C@@]12CCCCC1CNCC2. The van der Waals surface area contributed by atoms with E-state index in [1.165, 1.54) is 19.3 Å². The molecule has 2 fully saturated rings. The van der Waals surface area contributed by atoms with Crippen molar-refractivity contribution >= 4 is 0 Å². The van der Waals surface area contributed by atoms with Crippen molar-refractivity contribution < 1.29 is 5.11 Å². The van der Waals surface area contributed by atoms with Gasteiger partial charge in [-0.25, -0.2) is 0 Å². The summed E-state index contributed by atoms with van der Waals surface area (Å²) in [6, 6.07) is 0. The van der Waals surface area contributed by atoms with Gasteiger partial charge < -0.3 is 10.4 Å². The average molecular weight is 155 g/mol. The Morgan fingerprint density at radius 3 is 3.00 bits per heavy atom. The summed E-state index contributed by atoms with van der Waals surface area (Å²) in [5.74, 6) is 0.546. The van der Waals surface area contributed by atoms with E-state index in [1.54, 1.807) is 0 Å². The minimum absolute atomic E-state index is 0.288. The Hall–Kier alpha value is -0.0800. The number of rotatable bonds is 0. The second-order valence-corrected chi connectivity index (χ2v) is 4.00. The van der Waals surface area contributed by atoms with E-state index in [2.05, 4.69) is 5.32 Å². The molecule has 1 saturated heterocycles. The molecule has 2 rings (SSSR count). The zero-order chi connectivity index (χ0) is 7.73. The van der Waals surface area contributed by atoms with Crippen LogP contribution in [0.25, 0.3) is 0 Å². The molecule has 1 aliphatic carbocycles. The molecule has 0 bridgehead atoms. The summed E-state index contributed by atoms with van der Waals surface area (Å²) < 4.78 is 0. The van der Waals surface area contributed by atoms with Gasteiger partial charge in [0.2, 0.25) is 0 Å². The lowest BCUT2D eigenvalue weighted by Gasteiger charge is -2.43. The van der Waals surface area contributed by atoms with Crippen LogP contribution in [0.4, 0.5) is 0 Å². The van der Waals surface area contributed by atoms with Gasteiger partial charge in [0.1, 0.15) is 0 Å². The lowest BCUT2D eigenvalue weighted by atomic mass is 9.72. The molecule has 2 heteroatoms. The standard InChI is InChI=1S/C9H17NO/c11-9-4-2-1-3-8(9)7-10-6-5-9/h8,10-11H,1-7H2/t8?,9-/m1/s1. The minimum atomic E-state index is -0.288. The first kappa shape index (κ1) is 7.56. The Bertz CT molecular complexity index is 134. The highest BCUT2D eigenvalue weighted by molar-refractivity contribution is 4.94. The Balaban J connectivity index is 2.06. The number of hydrogen-bond donors (Lipinski definition) is 2. The van der Waals surface area contributed by atoms with Crippen molar-refractivity contribution in [2.75, 3.05) is 13.1 Å². The van der Waals surface area contributed by atoms with Crippen LogP contribution >= 0.6 is 0 Å². The van der Waals surface area contributed by atoms with E-state index in [4.69, 9.17) is 0 Å². The van der Waals surface area contributed by atoms with Gasteiger partial charge in [0.05, 0.1) is 5.60 Å². The zero-order valence-corrected chi connectivity index (χ0v) is 6.97. The highest BCUT2D eigenvalue weighted by Gasteiger charge is 2.39. The second-order valence-electron chi connectivity index (χ2n) is 4.00. The van der Waals surface area contributed by atoms with Crippen LogP contribution in [0.1, 0.15) is 32.1 Å². The predicted molar refractivity (Wildman–Crippen MR) is 44.4 cm³/mol. The molecule has 11 heavy (non-hydrogen) atoms. The first-order valence-electron chi connectivity index (χ1n) is 4.74. The van der Waals surface area contributed by atoms with Gasteiger partial charge in [-0.1, -0.05) is 12.8 Å². The molecular formula is C9H17NO. The van der Waals surface area contributed by atoms with E-state index < -0.39 is 0 Å². The molecule has 1 aliphatic heterocycles. The first-order valence-corrected chi connectivity index (χ1v) is 4.74. The van der Waals surface area contributed by atoms with Crippen LogP contribution in [0.5, 0.6) is 0 Å². The summed E-state index contributed by atoms with van der Waals surface area (Å²) in [7, 11) is 0. The summed E-state index contributed by atoms with van der Waals surface area (Å²) in [4.78, 5) is 0. The average Bonchev–Trinajstić information content (AvgIpc) is 2.03. The molecule has 0 aromatic rings. The quantitative estimate of drug-likeness (QED) is 0.545. The number of aliphatic hydroxyl groups is 1. The summed E-state index contributed by atoms with van der Waals surface area (Å²) in [6.07, 6.45) is 5.78. The predicted octanol–water partition coefficient (Wildman–Crippen LogP) is 0.901. The normalized spacial score (nSPS) is 45.0. The highest BCUT2D eigenvalue weighted by atomic mass is 16.3. The van der Waals surface area contributed by atoms with E-state index in [-0.39, 0.29) is 5.60 Å². The van der Waals surface area contributed by atoms with Crippen LogP contribution in [0.3, 0.4) is 0 Å². The monoisotopic (exact) mass is 155 g/mol. The minimum Gasteiger partial charge on any atom is -0.390 e. The van der Waals surface area contributed by atoms with Gasteiger partial charge in [-0.15, -0.1) is 0 Å². The molecule has 0 amide bonds. The maximum absolute atomic E-state index is 10.2. The van der Waals surface area contributed by atoms with Gasteiger partial charge in [-0.05, 0) is 25.8 Å². The van der Waals surface area contributed by atoms with Crippen molar-refractivity contribution in [3.8, 4) is 0 Å². The first-order chi connectivity index (χ1) is 5.31. The molecule has 0 radical (unpaired) electrons. The topological polar surface area (TPSA) is 32.3 Å². The summed E-state index contributed by atoms with van der Waals surface area (Å²) in [6.45, 7) is 2.05. The maximum atomic E-state index is 10.2. The Morgan fingerprint density at radius 2 is 2.18 bits per heavy atom. The van der Waals surface area contributed by atoms with E-state index >= 15 is 0 Å². The zero-order valence-electron chi connectivity index (χ0n) is 6.97. The van der Waals surface area contributed by atoms with Crippen molar-refractivity contribution in [3.63, 3.8) is 0 Å². The Kier molecular flexibility index (Phi) is 1.90. The largest absolute Gasteiger partial charge is 0.390 e. The van der Waals surface area contributed by atoms with Gasteiger partial charge in [0.15, 0.2) is 0 Å². The number of nitrogens with one attached hydrogen (secondary N) is 1. The lowest BCUT2D eigenvalue weighted by Crippen LogP contribution is -2.51. The van der Waals surface area contributed by atoms with Crippen molar-refractivity contribution in [1.82, 2.24) is 5.32 Å². The molecule has 2 N–H and O–H groups in total. The van der Waals surface area contributed by atoms with E-state index in [9.17, 15) is 5.11 Å². The summed E-state index contributed by atoms with van der Waals surface area (Å²) in [5, 5.41) is 13.5. The van der Waals surface area contributed by atoms with Crippen molar-refractivity contribution in [2.45, 2.75) is 37.7 Å². The number of fused-ring (bicyclic) bond motifs is 1. The summed E-state index contributed by atoms with van der Waals surface area (Å²) >= 11 is 0. The second kappa shape index (κ2) is 2.76. The molecule has 1 saturated carbocycles. The van der Waals surface area contributed by atoms with Crippen molar-refractivity contribution in [2.24, 2.45) is 5.92 Å². The molecule has 0 spiro atoms. The van der Waals surface area contributed by atoms with Gasteiger partial charge >= 0.3 is 0 Å². The highest BCUT2D eigenvalue weighted by Crippen LogP contribution is 2.37. The maximum Gasteiger partial charge on any atom is 0.0700 e. The Morgan fingerprint density at radius 1 is 1.27 bits per heavy atom. The molecule has 0 aromatic heterocycles. The third-order valence-corrected chi connectivity index (χ3v) is 3.30. The molecule has 64 valence electrons. The van der Waals surface area contributed by atoms with Crippen LogP contribution in [0, 0.1) is 5.92 Å². The van der Waals surface area contributed by atoms with Crippen molar-refractivity contribution in [1.29, 1.82) is 0 Å². The van der Waals surface area contributed by atoms with E-state index in [1.807, 2.05) is 0 Å². The molecular weight excluding hydrogens is 138 g/mol. The van der Waals surface area contributed by atoms with Gasteiger partial charge in [0, 0.05) is 12.5 Å². The van der Waals surface area contributed by atoms with Crippen LogP contribution < -0.4 is 5.32 Å². The molecule has 1 heterocycles. The van der Waals surface area contributed by atoms with E-state index in [0.717, 1.165) is 25.9 Å². The van der Waals surface area contributed by atoms with Gasteiger partial charge in [-0.3, -0.25) is 0 Å². The fourth-order valence-electron chi connectivity index (χ4n) is 2.50. The smallest absolute Gasteiger partial charge is 0.0700 e. The van der Waals surface area contributed by atoms with Crippen LogP contribution in [0.15, 0.2) is 0 Å². The van der Waals surface area contributed by atoms with Crippen LogP contribution in [-0.4, -0.2) is 23.8 Å². The molecule has 1 unspecified atom stereocenters. The van der Waals surface area contributed by atoms with Crippen LogP contribution in [0.2, 0.25) is 0 Å². The number of piperidine rings is 1.